The number of ether oxygens (including phenoxy) is 1. The van der Waals surface area contributed by atoms with Crippen molar-refractivity contribution < 1.29 is 9.53 Å². The molecule has 1 unspecified atom stereocenters. The quantitative estimate of drug-likeness (QED) is 0.582. The first-order valence-electron chi connectivity index (χ1n) is 7.68. The molecule has 0 amide bonds. The zero-order valence-corrected chi connectivity index (χ0v) is 13.9. The highest BCUT2D eigenvalue weighted by Crippen LogP contribution is 2.58. The number of hydrogen-bond acceptors (Lipinski definition) is 2. The van der Waals surface area contributed by atoms with Gasteiger partial charge in [0.25, 0.3) is 0 Å². The zero-order chi connectivity index (χ0) is 15.8. The smallest absolute Gasteiger partial charge is 0.316 e. The van der Waals surface area contributed by atoms with E-state index in [0.29, 0.717) is 17.8 Å². The fraction of sp³-hybridized carbons (Fsp3) is 0.526. The van der Waals surface area contributed by atoms with E-state index in [1.54, 1.807) is 0 Å². The SMILES string of the molecule is CC(C)=C(OC(=O)C(C)(C)C)C1[C@@H](c2ccccc2)[C@H]1C. The maximum absolute atomic E-state index is 12.2. The molecule has 0 radical (unpaired) electrons. The summed E-state index contributed by atoms with van der Waals surface area (Å²) in [7, 11) is 0. The van der Waals surface area contributed by atoms with Crippen molar-refractivity contribution in [2.24, 2.45) is 17.3 Å². The van der Waals surface area contributed by atoms with Gasteiger partial charge in [-0.05, 0) is 57.6 Å². The predicted molar refractivity (Wildman–Crippen MR) is 85.8 cm³/mol. The maximum Gasteiger partial charge on any atom is 0.316 e. The van der Waals surface area contributed by atoms with E-state index in [9.17, 15) is 4.79 Å². The first kappa shape index (κ1) is 15.8. The van der Waals surface area contributed by atoms with E-state index in [1.165, 1.54) is 5.56 Å². The molecule has 2 nitrogen and oxygen atoms in total. The summed E-state index contributed by atoms with van der Waals surface area (Å²) in [4.78, 5) is 12.2. The van der Waals surface area contributed by atoms with Crippen LogP contribution in [0.5, 0.6) is 0 Å². The van der Waals surface area contributed by atoms with Crippen molar-refractivity contribution in [3.63, 3.8) is 0 Å². The molecule has 1 aliphatic rings. The van der Waals surface area contributed by atoms with Gasteiger partial charge in [0, 0.05) is 5.92 Å². The second-order valence-electron chi connectivity index (χ2n) is 7.33. The molecule has 0 bridgehead atoms. The monoisotopic (exact) mass is 286 g/mol. The number of benzene rings is 1. The van der Waals surface area contributed by atoms with E-state index in [1.807, 2.05) is 40.7 Å². The van der Waals surface area contributed by atoms with E-state index in [0.717, 1.165) is 11.3 Å². The van der Waals surface area contributed by atoms with E-state index >= 15 is 0 Å². The molecule has 2 rings (SSSR count). The Labute approximate surface area is 128 Å². The Morgan fingerprint density at radius 3 is 2.14 bits per heavy atom. The molecule has 3 atom stereocenters. The molecule has 0 aromatic heterocycles. The highest BCUT2D eigenvalue weighted by Gasteiger charge is 2.51. The van der Waals surface area contributed by atoms with Crippen LogP contribution in [0, 0.1) is 17.3 Å². The lowest BCUT2D eigenvalue weighted by Crippen LogP contribution is -2.23. The number of rotatable bonds is 3. The van der Waals surface area contributed by atoms with Gasteiger partial charge in [0.2, 0.25) is 0 Å². The third-order valence-corrected chi connectivity index (χ3v) is 4.17. The topological polar surface area (TPSA) is 26.3 Å². The van der Waals surface area contributed by atoms with Gasteiger partial charge in [-0.15, -0.1) is 0 Å². The molecule has 0 aliphatic heterocycles. The van der Waals surface area contributed by atoms with Crippen molar-refractivity contribution in [1.82, 2.24) is 0 Å². The van der Waals surface area contributed by atoms with Gasteiger partial charge < -0.3 is 4.74 Å². The Morgan fingerprint density at radius 2 is 1.67 bits per heavy atom. The van der Waals surface area contributed by atoms with E-state index in [2.05, 4.69) is 31.2 Å². The Kier molecular flexibility index (Phi) is 4.27. The third kappa shape index (κ3) is 3.37. The summed E-state index contributed by atoms with van der Waals surface area (Å²) in [6, 6.07) is 10.5. The van der Waals surface area contributed by atoms with Gasteiger partial charge in [-0.2, -0.15) is 0 Å². The molecule has 2 heteroatoms. The summed E-state index contributed by atoms with van der Waals surface area (Å²) >= 11 is 0. The molecule has 1 saturated carbocycles. The van der Waals surface area contributed by atoms with E-state index < -0.39 is 5.41 Å². The lowest BCUT2D eigenvalue weighted by Gasteiger charge is -2.19. The average molecular weight is 286 g/mol. The Balaban J connectivity index is 2.19. The fourth-order valence-corrected chi connectivity index (χ4v) is 2.81. The zero-order valence-electron chi connectivity index (χ0n) is 13.9. The van der Waals surface area contributed by atoms with Gasteiger partial charge in [0.15, 0.2) is 0 Å². The predicted octanol–water partition coefficient (Wildman–Crippen LogP) is 4.92. The Hall–Kier alpha value is -1.57. The minimum absolute atomic E-state index is 0.149. The summed E-state index contributed by atoms with van der Waals surface area (Å²) in [5.41, 5.74) is 1.96. The van der Waals surface area contributed by atoms with Crippen LogP contribution in [0.1, 0.15) is 53.0 Å². The standard InChI is InChI=1S/C19H26O2/c1-12(2)17(21-18(20)19(4,5)6)16-13(3)15(16)14-10-8-7-9-11-14/h7-11,13,15-16H,1-6H3/t13-,15-,16?/m1/s1. The van der Waals surface area contributed by atoms with E-state index in [4.69, 9.17) is 4.74 Å². The highest BCUT2D eigenvalue weighted by atomic mass is 16.5. The number of allylic oxidation sites excluding steroid dienone is 2. The first-order chi connectivity index (χ1) is 9.73. The van der Waals surface area contributed by atoms with E-state index in [-0.39, 0.29) is 5.97 Å². The van der Waals surface area contributed by atoms with Crippen molar-refractivity contribution in [2.75, 3.05) is 0 Å². The average Bonchev–Trinajstić information content (AvgIpc) is 3.06. The molecule has 0 saturated heterocycles. The van der Waals surface area contributed by atoms with Crippen molar-refractivity contribution in [2.45, 2.75) is 47.5 Å². The summed E-state index contributed by atoms with van der Waals surface area (Å²) in [6.45, 7) is 12.0. The highest BCUT2D eigenvalue weighted by molar-refractivity contribution is 5.76. The van der Waals surface area contributed by atoms with Crippen LogP contribution in [-0.2, 0) is 9.53 Å². The van der Waals surface area contributed by atoms with Crippen LogP contribution in [-0.4, -0.2) is 5.97 Å². The number of carbonyl (C=O) groups excluding carboxylic acids is 1. The Morgan fingerprint density at radius 1 is 1.10 bits per heavy atom. The van der Waals surface area contributed by atoms with Crippen LogP contribution in [0.15, 0.2) is 41.7 Å². The molecule has 0 N–H and O–H groups in total. The second kappa shape index (κ2) is 5.67. The third-order valence-electron chi connectivity index (χ3n) is 4.17. The van der Waals surface area contributed by atoms with Gasteiger partial charge in [0.05, 0.1) is 5.41 Å². The normalized spacial score (nSPS) is 24.4. The molecule has 21 heavy (non-hydrogen) atoms. The molecule has 0 spiro atoms. The minimum Gasteiger partial charge on any atom is -0.430 e. The van der Waals surface area contributed by atoms with Crippen LogP contribution in [0.2, 0.25) is 0 Å². The van der Waals surface area contributed by atoms with Gasteiger partial charge in [-0.3, -0.25) is 4.79 Å². The minimum atomic E-state index is -0.471. The van der Waals surface area contributed by atoms with Crippen LogP contribution >= 0.6 is 0 Å². The molecular weight excluding hydrogens is 260 g/mol. The second-order valence-corrected chi connectivity index (χ2v) is 7.33. The Bertz CT molecular complexity index is 545. The lowest BCUT2D eigenvalue weighted by molar-refractivity contribution is -0.149. The van der Waals surface area contributed by atoms with Crippen LogP contribution in [0.3, 0.4) is 0 Å². The molecule has 0 heterocycles. The van der Waals surface area contributed by atoms with Crippen molar-refractivity contribution in [3.8, 4) is 0 Å². The molecule has 1 fully saturated rings. The first-order valence-corrected chi connectivity index (χ1v) is 7.68. The molecule has 114 valence electrons. The van der Waals surface area contributed by atoms with Gasteiger partial charge in [0.1, 0.15) is 5.76 Å². The van der Waals surface area contributed by atoms with Crippen molar-refractivity contribution in [3.05, 3.63) is 47.2 Å². The van der Waals surface area contributed by atoms with Crippen molar-refractivity contribution >= 4 is 5.97 Å². The fourth-order valence-electron chi connectivity index (χ4n) is 2.81. The number of esters is 1. The summed E-state index contributed by atoms with van der Waals surface area (Å²) in [6.07, 6.45) is 0. The maximum atomic E-state index is 12.2. The van der Waals surface area contributed by atoms with Gasteiger partial charge in [-0.1, -0.05) is 37.3 Å². The summed E-state index contributed by atoms with van der Waals surface area (Å²) in [5.74, 6) is 2.03. The summed E-state index contributed by atoms with van der Waals surface area (Å²) in [5, 5.41) is 0. The lowest BCUT2D eigenvalue weighted by atomic mass is 9.97. The number of hydrogen-bond donors (Lipinski definition) is 0. The van der Waals surface area contributed by atoms with Crippen LogP contribution in [0.4, 0.5) is 0 Å². The summed E-state index contributed by atoms with van der Waals surface area (Å²) < 4.78 is 5.76. The molecule has 1 aromatic rings. The molecule has 1 aliphatic carbocycles. The molecule has 1 aromatic carbocycles. The molecular formula is C19H26O2. The van der Waals surface area contributed by atoms with Gasteiger partial charge >= 0.3 is 5.97 Å². The largest absolute Gasteiger partial charge is 0.430 e. The van der Waals surface area contributed by atoms with Gasteiger partial charge in [-0.25, -0.2) is 0 Å². The number of carbonyl (C=O) groups is 1. The van der Waals surface area contributed by atoms with Crippen molar-refractivity contribution in [1.29, 1.82) is 0 Å². The van der Waals surface area contributed by atoms with Crippen LogP contribution in [0.25, 0.3) is 0 Å². The van der Waals surface area contributed by atoms with Crippen LogP contribution < -0.4 is 0 Å².